The summed E-state index contributed by atoms with van der Waals surface area (Å²) >= 11 is 5.92. The van der Waals surface area contributed by atoms with Crippen LogP contribution < -0.4 is 5.32 Å². The molecule has 3 aromatic rings. The number of alkyl halides is 3. The van der Waals surface area contributed by atoms with Gasteiger partial charge in [-0.05, 0) is 49.1 Å². The van der Waals surface area contributed by atoms with Crippen LogP contribution in [0, 0.1) is 5.82 Å². The standard InChI is InChI=1S/C26H28ClF4N5O3/c1-4-16(15-9-10-32-21(12-15)26(29,30)31)19-13-33-24(35-19)25(38)36(2)11-5-6-20(39-3)22-18(34-14-37)8-7-17(27)23(22)28/h7-10,12-14,16,20H,4-6,11H2,1-3H3,(H,33,35)(H,34,37). The van der Waals surface area contributed by atoms with Gasteiger partial charge in [0.25, 0.3) is 5.91 Å². The van der Waals surface area contributed by atoms with Crippen molar-refractivity contribution in [1.82, 2.24) is 19.9 Å². The molecule has 2 N–H and O–H groups in total. The van der Waals surface area contributed by atoms with Crippen molar-refractivity contribution in [3.8, 4) is 0 Å². The van der Waals surface area contributed by atoms with Gasteiger partial charge < -0.3 is 19.9 Å². The third-order valence-electron chi connectivity index (χ3n) is 6.32. The van der Waals surface area contributed by atoms with Crippen molar-refractivity contribution in [2.24, 2.45) is 0 Å². The van der Waals surface area contributed by atoms with Gasteiger partial charge in [0.2, 0.25) is 6.41 Å². The van der Waals surface area contributed by atoms with E-state index >= 15 is 0 Å². The number of pyridine rings is 1. The Hall–Kier alpha value is -3.51. The van der Waals surface area contributed by atoms with E-state index in [-0.39, 0.29) is 28.6 Å². The first kappa shape index (κ1) is 30.0. The highest BCUT2D eigenvalue weighted by Crippen LogP contribution is 2.35. The van der Waals surface area contributed by atoms with Crippen LogP contribution in [0.5, 0.6) is 0 Å². The van der Waals surface area contributed by atoms with Crippen LogP contribution in [0.25, 0.3) is 0 Å². The molecule has 2 aromatic heterocycles. The van der Waals surface area contributed by atoms with Crippen molar-refractivity contribution in [3.63, 3.8) is 0 Å². The molecular weight excluding hydrogens is 542 g/mol. The average molecular weight is 570 g/mol. The number of H-pyrrole nitrogens is 1. The molecule has 3 rings (SSSR count). The molecule has 0 bridgehead atoms. The van der Waals surface area contributed by atoms with Gasteiger partial charge in [0.05, 0.1) is 11.1 Å². The second kappa shape index (κ2) is 13.0. The van der Waals surface area contributed by atoms with Crippen LogP contribution in [0.15, 0.2) is 36.7 Å². The van der Waals surface area contributed by atoms with E-state index in [9.17, 15) is 27.2 Å². The number of imidazole rings is 1. The molecule has 0 fully saturated rings. The summed E-state index contributed by atoms with van der Waals surface area (Å²) in [6.07, 6.45) is -1.15. The number of rotatable bonds is 12. The van der Waals surface area contributed by atoms with Crippen LogP contribution in [-0.2, 0) is 15.7 Å². The molecule has 0 saturated carbocycles. The Morgan fingerprint density at radius 3 is 2.67 bits per heavy atom. The van der Waals surface area contributed by atoms with E-state index in [1.54, 1.807) is 7.05 Å². The molecule has 2 atom stereocenters. The molecule has 0 spiro atoms. The van der Waals surface area contributed by atoms with Gasteiger partial charge in [-0.1, -0.05) is 18.5 Å². The minimum atomic E-state index is -4.57. The zero-order chi connectivity index (χ0) is 28.7. The Morgan fingerprint density at radius 1 is 1.28 bits per heavy atom. The van der Waals surface area contributed by atoms with Gasteiger partial charge in [-0.15, -0.1) is 0 Å². The lowest BCUT2D eigenvalue weighted by Gasteiger charge is -2.22. The molecule has 2 heterocycles. The maximum Gasteiger partial charge on any atom is 0.433 e. The number of methoxy groups -OCH3 is 1. The van der Waals surface area contributed by atoms with Gasteiger partial charge in [0, 0.05) is 56.0 Å². The van der Waals surface area contributed by atoms with E-state index in [0.29, 0.717) is 36.9 Å². The quantitative estimate of drug-likeness (QED) is 0.207. The fraction of sp³-hybridized carbons (Fsp3) is 0.385. The van der Waals surface area contributed by atoms with Crippen molar-refractivity contribution in [2.75, 3.05) is 26.0 Å². The van der Waals surface area contributed by atoms with Crippen LogP contribution in [0.2, 0.25) is 5.02 Å². The maximum absolute atomic E-state index is 14.8. The van der Waals surface area contributed by atoms with Crippen LogP contribution in [0.4, 0.5) is 23.2 Å². The molecule has 2 unspecified atom stereocenters. The number of hydrogen-bond acceptors (Lipinski definition) is 5. The molecule has 0 aliphatic carbocycles. The van der Waals surface area contributed by atoms with Crippen LogP contribution in [-0.4, -0.2) is 52.9 Å². The molecule has 2 amide bonds. The molecule has 0 aliphatic heterocycles. The molecular formula is C26H28ClF4N5O3. The van der Waals surface area contributed by atoms with E-state index in [4.69, 9.17) is 16.3 Å². The number of nitrogens with one attached hydrogen (secondary N) is 2. The monoisotopic (exact) mass is 569 g/mol. The number of ether oxygens (including phenoxy) is 1. The topological polar surface area (TPSA) is 100 Å². The molecule has 8 nitrogen and oxygen atoms in total. The fourth-order valence-electron chi connectivity index (χ4n) is 4.32. The van der Waals surface area contributed by atoms with Gasteiger partial charge in [-0.2, -0.15) is 13.2 Å². The Labute approximate surface area is 227 Å². The Balaban J connectivity index is 1.68. The zero-order valence-corrected chi connectivity index (χ0v) is 22.2. The number of carbonyl (C=O) groups is 2. The third-order valence-corrected chi connectivity index (χ3v) is 6.61. The number of nitrogens with zero attached hydrogens (tertiary/aromatic N) is 3. The number of aromatic nitrogens is 3. The molecule has 0 radical (unpaired) electrons. The van der Waals surface area contributed by atoms with E-state index in [1.165, 1.54) is 36.4 Å². The smallest absolute Gasteiger partial charge is 0.377 e. The van der Waals surface area contributed by atoms with Gasteiger partial charge in [-0.3, -0.25) is 14.6 Å². The largest absolute Gasteiger partial charge is 0.433 e. The highest BCUT2D eigenvalue weighted by Gasteiger charge is 2.33. The number of carbonyl (C=O) groups excluding carboxylic acids is 2. The lowest BCUT2D eigenvalue weighted by Crippen LogP contribution is -2.29. The van der Waals surface area contributed by atoms with E-state index in [1.807, 2.05) is 6.92 Å². The Kier molecular flexibility index (Phi) is 10.0. The summed E-state index contributed by atoms with van der Waals surface area (Å²) in [6.45, 7) is 2.09. The SMILES string of the molecule is CCC(c1ccnc(C(F)(F)F)c1)c1cnc(C(=O)N(C)CCCC(OC)c2c(NC=O)ccc(Cl)c2F)[nH]1. The van der Waals surface area contributed by atoms with Crippen molar-refractivity contribution in [3.05, 3.63) is 75.8 Å². The minimum absolute atomic E-state index is 0.0395. The summed E-state index contributed by atoms with van der Waals surface area (Å²) < 4.78 is 59.6. The van der Waals surface area contributed by atoms with Crippen molar-refractivity contribution < 1.29 is 31.9 Å². The normalized spacial score (nSPS) is 13.1. The number of amides is 2. The number of aromatic amines is 1. The van der Waals surface area contributed by atoms with Gasteiger partial charge >= 0.3 is 6.18 Å². The first-order chi connectivity index (χ1) is 18.5. The molecule has 13 heteroatoms. The predicted octanol–water partition coefficient (Wildman–Crippen LogP) is 5.97. The second-order valence-electron chi connectivity index (χ2n) is 8.80. The lowest BCUT2D eigenvalue weighted by molar-refractivity contribution is -0.141. The average Bonchev–Trinajstić information content (AvgIpc) is 3.39. The summed E-state index contributed by atoms with van der Waals surface area (Å²) in [5.41, 5.74) is 0.248. The van der Waals surface area contributed by atoms with Crippen LogP contribution >= 0.6 is 11.6 Å². The van der Waals surface area contributed by atoms with Crippen molar-refractivity contribution in [1.29, 1.82) is 0 Å². The Bertz CT molecular complexity index is 1300. The molecule has 0 saturated heterocycles. The first-order valence-electron chi connectivity index (χ1n) is 12.1. The van der Waals surface area contributed by atoms with Crippen molar-refractivity contribution in [2.45, 2.75) is 44.4 Å². The first-order valence-corrected chi connectivity index (χ1v) is 12.4. The van der Waals surface area contributed by atoms with Crippen LogP contribution in [0.3, 0.4) is 0 Å². The highest BCUT2D eigenvalue weighted by molar-refractivity contribution is 6.30. The number of benzene rings is 1. The molecule has 1 aromatic carbocycles. The van der Waals surface area contributed by atoms with E-state index in [0.717, 1.165) is 12.3 Å². The van der Waals surface area contributed by atoms with Gasteiger partial charge in [0.1, 0.15) is 11.5 Å². The molecule has 0 aliphatic rings. The van der Waals surface area contributed by atoms with E-state index in [2.05, 4.69) is 20.3 Å². The second-order valence-corrected chi connectivity index (χ2v) is 9.21. The van der Waals surface area contributed by atoms with Crippen molar-refractivity contribution >= 4 is 29.6 Å². The summed E-state index contributed by atoms with van der Waals surface area (Å²) in [4.78, 5) is 35.8. The number of hydrogen-bond donors (Lipinski definition) is 2. The van der Waals surface area contributed by atoms with Gasteiger partial charge in [-0.25, -0.2) is 9.37 Å². The van der Waals surface area contributed by atoms with Gasteiger partial charge in [0.15, 0.2) is 5.82 Å². The number of anilines is 1. The number of halogens is 5. The highest BCUT2D eigenvalue weighted by atomic mass is 35.5. The minimum Gasteiger partial charge on any atom is -0.377 e. The summed E-state index contributed by atoms with van der Waals surface area (Å²) in [6, 6.07) is 5.30. The van der Waals surface area contributed by atoms with E-state index < -0.39 is 35.6 Å². The fourth-order valence-corrected chi connectivity index (χ4v) is 4.49. The molecule has 39 heavy (non-hydrogen) atoms. The predicted molar refractivity (Wildman–Crippen MR) is 137 cm³/mol. The Morgan fingerprint density at radius 2 is 2.03 bits per heavy atom. The zero-order valence-electron chi connectivity index (χ0n) is 21.5. The maximum atomic E-state index is 14.8. The molecule has 210 valence electrons. The summed E-state index contributed by atoms with van der Waals surface area (Å²) in [7, 11) is 2.97. The third kappa shape index (κ3) is 7.12. The van der Waals surface area contributed by atoms with Crippen LogP contribution in [0.1, 0.15) is 71.3 Å². The summed E-state index contributed by atoms with van der Waals surface area (Å²) in [5.74, 6) is -1.53. The summed E-state index contributed by atoms with van der Waals surface area (Å²) in [5, 5.41) is 2.33. The lowest BCUT2D eigenvalue weighted by atomic mass is 9.94.